The first kappa shape index (κ1) is 22.5. The molecule has 4 bridgehead atoms. The molecule has 5 aliphatic rings. The third-order valence-corrected chi connectivity index (χ3v) is 8.98. The van der Waals surface area contributed by atoms with Crippen LogP contribution in [0.4, 0.5) is 10.5 Å². The van der Waals surface area contributed by atoms with E-state index in [1.165, 1.54) is 50.2 Å². The lowest BCUT2D eigenvalue weighted by atomic mass is 9.48. The van der Waals surface area contributed by atoms with Crippen LogP contribution in [0.5, 0.6) is 5.75 Å². The van der Waals surface area contributed by atoms with Crippen LogP contribution < -0.4 is 15.0 Å². The van der Waals surface area contributed by atoms with Gasteiger partial charge >= 0.3 is 6.03 Å². The summed E-state index contributed by atoms with van der Waals surface area (Å²) in [5, 5.41) is 2.31. The number of nitrogens with one attached hydrogen (secondary N) is 1. The molecule has 7 heteroatoms. The number of rotatable bonds is 4. The maximum absolute atomic E-state index is 13.3. The zero-order valence-electron chi connectivity index (χ0n) is 19.6. The molecule has 0 radical (unpaired) electrons. The van der Waals surface area contributed by atoms with E-state index in [1.54, 1.807) is 25.3 Å². The van der Waals surface area contributed by atoms with Crippen molar-refractivity contribution in [2.24, 2.45) is 17.8 Å². The molecule has 1 N–H and O–H groups in total. The molecular formula is C28H27BrN2O4. The van der Waals surface area contributed by atoms with Gasteiger partial charge in [0.2, 0.25) is 0 Å². The second-order valence-corrected chi connectivity index (χ2v) is 11.5. The van der Waals surface area contributed by atoms with Crippen LogP contribution in [0.1, 0.15) is 49.7 Å². The Morgan fingerprint density at radius 2 is 1.60 bits per heavy atom. The Labute approximate surface area is 212 Å². The number of benzene rings is 2. The Morgan fingerprint density at radius 1 is 0.971 bits per heavy atom. The van der Waals surface area contributed by atoms with E-state index in [0.29, 0.717) is 21.5 Å². The summed E-state index contributed by atoms with van der Waals surface area (Å²) in [5.41, 5.74) is 2.58. The van der Waals surface area contributed by atoms with E-state index < -0.39 is 17.8 Å². The fraction of sp³-hybridized carbons (Fsp3) is 0.393. The first-order valence-electron chi connectivity index (χ1n) is 12.2. The summed E-state index contributed by atoms with van der Waals surface area (Å²) in [4.78, 5) is 39.6. The van der Waals surface area contributed by atoms with Crippen molar-refractivity contribution in [1.82, 2.24) is 5.32 Å². The number of amides is 4. The van der Waals surface area contributed by atoms with Gasteiger partial charge in [0.25, 0.3) is 11.8 Å². The van der Waals surface area contributed by atoms with Gasteiger partial charge in [-0.05, 0) is 119 Å². The van der Waals surface area contributed by atoms with Crippen molar-refractivity contribution in [3.8, 4) is 5.75 Å². The molecule has 180 valence electrons. The molecule has 5 fully saturated rings. The Bertz CT molecular complexity index is 1230. The van der Waals surface area contributed by atoms with Crippen molar-refractivity contribution in [3.63, 3.8) is 0 Å². The number of urea groups is 1. The van der Waals surface area contributed by atoms with Gasteiger partial charge in [0.1, 0.15) is 11.3 Å². The van der Waals surface area contributed by atoms with Crippen molar-refractivity contribution >= 4 is 45.5 Å². The van der Waals surface area contributed by atoms with E-state index in [9.17, 15) is 14.4 Å². The lowest BCUT2D eigenvalue weighted by Crippen LogP contribution is -2.54. The first-order valence-corrected chi connectivity index (χ1v) is 13.0. The number of halogens is 1. The van der Waals surface area contributed by atoms with Crippen LogP contribution in [0.25, 0.3) is 6.08 Å². The highest BCUT2D eigenvalue weighted by Crippen LogP contribution is 2.60. The summed E-state index contributed by atoms with van der Waals surface area (Å²) in [6.45, 7) is 0. The molecule has 0 unspecified atom stereocenters. The molecule has 7 rings (SSSR count). The van der Waals surface area contributed by atoms with E-state index >= 15 is 0 Å². The highest BCUT2D eigenvalue weighted by atomic mass is 79.9. The standard InChI is InChI=1S/C28H27BrN2O4/c1-35-24-7-2-16(12-23(24)29)11-22-25(32)30-27(34)31(26(22)33)21-5-3-20(4-6-21)28-13-17-8-18(14-28)10-19(9-17)15-28/h2-7,11-12,17-19H,8-10,13-15H2,1H3,(H,30,32,34)/b22-11-. The van der Waals surface area contributed by atoms with Crippen LogP contribution in [0.2, 0.25) is 0 Å². The third-order valence-electron chi connectivity index (χ3n) is 8.36. The first-order chi connectivity index (χ1) is 16.8. The zero-order chi connectivity index (χ0) is 24.3. The molecule has 4 saturated carbocycles. The van der Waals surface area contributed by atoms with Crippen LogP contribution in [-0.2, 0) is 15.0 Å². The van der Waals surface area contributed by atoms with Crippen LogP contribution in [0, 0.1) is 17.8 Å². The summed E-state index contributed by atoms with van der Waals surface area (Å²) in [6, 6.07) is 12.4. The van der Waals surface area contributed by atoms with E-state index in [0.717, 1.165) is 22.7 Å². The van der Waals surface area contributed by atoms with E-state index in [4.69, 9.17) is 4.74 Å². The maximum Gasteiger partial charge on any atom is 0.335 e. The van der Waals surface area contributed by atoms with E-state index in [2.05, 4.69) is 33.4 Å². The number of hydrogen-bond donors (Lipinski definition) is 1. The van der Waals surface area contributed by atoms with Gasteiger partial charge in [-0.3, -0.25) is 14.9 Å². The molecule has 6 nitrogen and oxygen atoms in total. The minimum Gasteiger partial charge on any atom is -0.496 e. The molecular weight excluding hydrogens is 508 g/mol. The number of nitrogens with zero attached hydrogens (tertiary/aromatic N) is 1. The average molecular weight is 535 g/mol. The highest BCUT2D eigenvalue weighted by molar-refractivity contribution is 9.10. The second kappa shape index (κ2) is 8.33. The van der Waals surface area contributed by atoms with Crippen molar-refractivity contribution < 1.29 is 19.1 Å². The smallest absolute Gasteiger partial charge is 0.335 e. The van der Waals surface area contributed by atoms with Gasteiger partial charge < -0.3 is 4.74 Å². The normalized spacial score (nSPS) is 30.7. The van der Waals surface area contributed by atoms with Crippen molar-refractivity contribution in [3.05, 3.63) is 63.6 Å². The SMILES string of the molecule is COc1ccc(/C=C2/C(=O)NC(=O)N(c3ccc(C45CC6CC(CC(C6)C4)C5)cc3)C2=O)cc1Br. The Hall–Kier alpha value is -2.93. The van der Waals surface area contributed by atoms with Crippen LogP contribution in [0.15, 0.2) is 52.5 Å². The van der Waals surface area contributed by atoms with Crippen LogP contribution >= 0.6 is 15.9 Å². The molecule has 2 aromatic carbocycles. The minimum absolute atomic E-state index is 0.0909. The number of hydrogen-bond acceptors (Lipinski definition) is 4. The number of carbonyl (C=O) groups is 3. The predicted molar refractivity (Wildman–Crippen MR) is 136 cm³/mol. The molecule has 0 spiro atoms. The Kier molecular flexibility index (Phi) is 5.36. The number of imide groups is 2. The summed E-state index contributed by atoms with van der Waals surface area (Å²) in [6.07, 6.45) is 9.39. The van der Waals surface area contributed by atoms with Gasteiger partial charge in [-0.2, -0.15) is 0 Å². The molecule has 35 heavy (non-hydrogen) atoms. The van der Waals surface area contributed by atoms with Gasteiger partial charge in [-0.1, -0.05) is 18.2 Å². The van der Waals surface area contributed by atoms with Crippen LogP contribution in [-0.4, -0.2) is 25.0 Å². The minimum atomic E-state index is -0.726. The number of carbonyl (C=O) groups excluding carboxylic acids is 3. The second-order valence-electron chi connectivity index (χ2n) is 10.6. The monoisotopic (exact) mass is 534 g/mol. The highest BCUT2D eigenvalue weighted by Gasteiger charge is 2.51. The van der Waals surface area contributed by atoms with E-state index in [-0.39, 0.29) is 11.0 Å². The topological polar surface area (TPSA) is 75.7 Å². The molecule has 0 aromatic heterocycles. The molecule has 1 saturated heterocycles. The molecule has 1 heterocycles. The molecule has 1 aliphatic heterocycles. The van der Waals surface area contributed by atoms with Gasteiger partial charge in [-0.15, -0.1) is 0 Å². The van der Waals surface area contributed by atoms with Crippen molar-refractivity contribution in [1.29, 1.82) is 0 Å². The summed E-state index contributed by atoms with van der Waals surface area (Å²) < 4.78 is 5.94. The molecule has 4 aliphatic carbocycles. The summed E-state index contributed by atoms with van der Waals surface area (Å²) >= 11 is 3.42. The summed E-state index contributed by atoms with van der Waals surface area (Å²) in [5.74, 6) is 1.83. The van der Waals surface area contributed by atoms with Gasteiger partial charge in [0.15, 0.2) is 0 Å². The maximum atomic E-state index is 13.3. The number of anilines is 1. The summed E-state index contributed by atoms with van der Waals surface area (Å²) in [7, 11) is 1.56. The predicted octanol–water partition coefficient (Wildman–Crippen LogP) is 5.59. The van der Waals surface area contributed by atoms with Gasteiger partial charge in [0, 0.05) is 0 Å². The molecule has 0 atom stereocenters. The number of methoxy groups -OCH3 is 1. The Morgan fingerprint density at radius 3 is 2.17 bits per heavy atom. The quantitative estimate of drug-likeness (QED) is 0.409. The van der Waals surface area contributed by atoms with Crippen LogP contribution in [0.3, 0.4) is 0 Å². The number of barbiturate groups is 1. The van der Waals surface area contributed by atoms with E-state index in [1.807, 2.05) is 12.1 Å². The number of ether oxygens (including phenoxy) is 1. The average Bonchev–Trinajstić information content (AvgIpc) is 2.81. The van der Waals surface area contributed by atoms with Crippen molar-refractivity contribution in [2.75, 3.05) is 12.0 Å². The van der Waals surface area contributed by atoms with Gasteiger partial charge in [0.05, 0.1) is 17.3 Å². The molecule has 2 aromatic rings. The lowest BCUT2D eigenvalue weighted by Gasteiger charge is -2.57. The Balaban J connectivity index is 1.28. The van der Waals surface area contributed by atoms with Gasteiger partial charge in [-0.25, -0.2) is 9.69 Å². The van der Waals surface area contributed by atoms with Crippen molar-refractivity contribution in [2.45, 2.75) is 43.9 Å². The largest absolute Gasteiger partial charge is 0.496 e. The third kappa shape index (κ3) is 3.80. The zero-order valence-corrected chi connectivity index (χ0v) is 21.1. The lowest BCUT2D eigenvalue weighted by molar-refractivity contribution is -0.122. The fourth-order valence-electron chi connectivity index (χ4n) is 7.26. The fourth-order valence-corrected chi connectivity index (χ4v) is 7.82. The molecule has 4 amide bonds.